The van der Waals surface area contributed by atoms with Gasteiger partial charge in [-0.3, -0.25) is 14.9 Å². The van der Waals surface area contributed by atoms with Gasteiger partial charge in [0, 0.05) is 37.7 Å². The van der Waals surface area contributed by atoms with Crippen LogP contribution in [0.3, 0.4) is 0 Å². The van der Waals surface area contributed by atoms with Crippen molar-refractivity contribution in [2.45, 2.75) is 32.4 Å². The molecule has 1 aliphatic heterocycles. The van der Waals surface area contributed by atoms with Gasteiger partial charge < -0.3 is 10.6 Å². The monoisotopic (exact) mass is 299 g/mol. The first-order valence-corrected chi connectivity index (χ1v) is 6.27. The van der Waals surface area contributed by atoms with Gasteiger partial charge in [0.05, 0.1) is 4.92 Å². The van der Waals surface area contributed by atoms with Gasteiger partial charge in [-0.25, -0.2) is 0 Å². The fourth-order valence-electron chi connectivity index (χ4n) is 2.27. The Kier molecular flexibility index (Phi) is 5.47. The van der Waals surface area contributed by atoms with Crippen LogP contribution in [0.5, 0.6) is 0 Å². The van der Waals surface area contributed by atoms with Crippen LogP contribution < -0.4 is 5.73 Å². The fourth-order valence-corrected chi connectivity index (χ4v) is 2.27. The zero-order chi connectivity index (χ0) is 14.0. The number of rotatable bonds is 3. The molecule has 2 rings (SSSR count). The van der Waals surface area contributed by atoms with E-state index in [1.54, 1.807) is 24.0 Å². The highest BCUT2D eigenvalue weighted by Crippen LogP contribution is 2.24. The molecular formula is C13H18ClN3O3. The average molecular weight is 300 g/mol. The van der Waals surface area contributed by atoms with Crippen molar-refractivity contribution in [3.63, 3.8) is 0 Å². The molecule has 0 aliphatic carbocycles. The van der Waals surface area contributed by atoms with Crippen molar-refractivity contribution in [3.8, 4) is 0 Å². The van der Waals surface area contributed by atoms with E-state index in [1.807, 2.05) is 0 Å². The number of carbonyl (C=O) groups is 1. The van der Waals surface area contributed by atoms with Crippen LogP contribution in [0, 0.1) is 10.1 Å². The highest BCUT2D eigenvalue weighted by Gasteiger charge is 2.22. The molecule has 0 aromatic heterocycles. The predicted octanol–water partition coefficient (Wildman–Crippen LogP) is 1.64. The molecule has 6 nitrogen and oxygen atoms in total. The van der Waals surface area contributed by atoms with Crippen LogP contribution in [0.1, 0.15) is 24.5 Å². The van der Waals surface area contributed by atoms with E-state index >= 15 is 0 Å². The summed E-state index contributed by atoms with van der Waals surface area (Å²) >= 11 is 0. The predicted molar refractivity (Wildman–Crippen MR) is 77.7 cm³/mol. The molecule has 20 heavy (non-hydrogen) atoms. The van der Waals surface area contributed by atoms with Crippen LogP contribution in [0.15, 0.2) is 18.2 Å². The van der Waals surface area contributed by atoms with Crippen molar-refractivity contribution in [2.24, 2.45) is 5.73 Å². The molecule has 7 heteroatoms. The maximum atomic E-state index is 11.9. The molecule has 0 fully saturated rings. The summed E-state index contributed by atoms with van der Waals surface area (Å²) in [5.74, 6) is 0.00663. The number of nitro benzene ring substituents is 1. The molecule has 1 aromatic rings. The van der Waals surface area contributed by atoms with Gasteiger partial charge in [0.1, 0.15) is 0 Å². The van der Waals surface area contributed by atoms with Gasteiger partial charge >= 0.3 is 0 Å². The van der Waals surface area contributed by atoms with Crippen molar-refractivity contribution in [1.82, 2.24) is 4.90 Å². The summed E-state index contributed by atoms with van der Waals surface area (Å²) in [5.41, 5.74) is 7.63. The minimum absolute atomic E-state index is 0. The molecule has 1 heterocycles. The van der Waals surface area contributed by atoms with E-state index in [0.717, 1.165) is 17.5 Å². The number of amides is 1. The number of nitro groups is 1. The number of hydrogen-bond donors (Lipinski definition) is 1. The Balaban J connectivity index is 0.00000200. The second-order valence-corrected chi connectivity index (χ2v) is 4.96. The van der Waals surface area contributed by atoms with Crippen LogP contribution in [0.2, 0.25) is 0 Å². The Hall–Kier alpha value is -1.66. The first-order chi connectivity index (χ1) is 8.97. The molecule has 110 valence electrons. The lowest BCUT2D eigenvalue weighted by Crippen LogP contribution is -2.38. The van der Waals surface area contributed by atoms with Crippen LogP contribution in [-0.2, 0) is 17.8 Å². The third-order valence-electron chi connectivity index (χ3n) is 3.26. The van der Waals surface area contributed by atoms with Gasteiger partial charge in [0.25, 0.3) is 5.69 Å². The van der Waals surface area contributed by atoms with Crippen molar-refractivity contribution in [1.29, 1.82) is 0 Å². The Morgan fingerprint density at radius 1 is 1.50 bits per heavy atom. The minimum Gasteiger partial charge on any atom is -0.338 e. The number of carbonyl (C=O) groups excluding carboxylic acids is 1. The molecule has 1 amide bonds. The van der Waals surface area contributed by atoms with Crippen LogP contribution >= 0.6 is 12.4 Å². The Labute approximate surface area is 123 Å². The van der Waals surface area contributed by atoms with Crippen molar-refractivity contribution < 1.29 is 9.72 Å². The standard InChI is InChI=1S/C13H17N3O3.ClH/c1-9(14)6-13(17)15-5-4-10-2-3-12(16(18)19)7-11(10)8-15;/h2-3,7,9H,4-6,8,14H2,1H3;1H. The molecule has 0 saturated carbocycles. The van der Waals surface area contributed by atoms with Crippen LogP contribution in [0.25, 0.3) is 0 Å². The molecule has 1 unspecified atom stereocenters. The highest BCUT2D eigenvalue weighted by molar-refractivity contribution is 5.85. The second-order valence-electron chi connectivity index (χ2n) is 4.96. The molecule has 0 bridgehead atoms. The van der Waals surface area contributed by atoms with Gasteiger partial charge in [-0.1, -0.05) is 6.07 Å². The third kappa shape index (κ3) is 3.68. The lowest BCUT2D eigenvalue weighted by Gasteiger charge is -2.29. The Morgan fingerprint density at radius 3 is 2.80 bits per heavy atom. The summed E-state index contributed by atoms with van der Waals surface area (Å²) in [6.07, 6.45) is 1.04. The zero-order valence-corrected chi connectivity index (χ0v) is 12.1. The first-order valence-electron chi connectivity index (χ1n) is 6.27. The van der Waals surface area contributed by atoms with E-state index < -0.39 is 4.92 Å². The summed E-state index contributed by atoms with van der Waals surface area (Å²) in [6.45, 7) is 2.87. The topological polar surface area (TPSA) is 89.5 Å². The summed E-state index contributed by atoms with van der Waals surface area (Å²) in [7, 11) is 0. The smallest absolute Gasteiger partial charge is 0.269 e. The van der Waals surface area contributed by atoms with Crippen LogP contribution in [-0.4, -0.2) is 28.3 Å². The van der Waals surface area contributed by atoms with Crippen LogP contribution in [0.4, 0.5) is 5.69 Å². The minimum atomic E-state index is -0.414. The SMILES string of the molecule is CC(N)CC(=O)N1CCc2ccc([N+](=O)[O-])cc2C1.Cl. The van der Waals surface area contributed by atoms with E-state index in [4.69, 9.17) is 5.73 Å². The molecule has 0 radical (unpaired) electrons. The number of non-ortho nitro benzene ring substituents is 1. The normalized spacial score (nSPS) is 15.0. The summed E-state index contributed by atoms with van der Waals surface area (Å²) in [4.78, 5) is 24.0. The summed E-state index contributed by atoms with van der Waals surface area (Å²) in [5, 5.41) is 10.8. The fraction of sp³-hybridized carbons (Fsp3) is 0.462. The van der Waals surface area contributed by atoms with Gasteiger partial charge in [0.2, 0.25) is 5.91 Å². The zero-order valence-electron chi connectivity index (χ0n) is 11.2. The largest absolute Gasteiger partial charge is 0.338 e. The molecule has 1 aromatic carbocycles. The molecule has 2 N–H and O–H groups in total. The lowest BCUT2D eigenvalue weighted by atomic mass is 9.98. The number of nitrogens with two attached hydrogens (primary N) is 1. The summed E-state index contributed by atoms with van der Waals surface area (Å²) < 4.78 is 0. The quantitative estimate of drug-likeness (QED) is 0.678. The molecule has 0 saturated heterocycles. The number of fused-ring (bicyclic) bond motifs is 1. The number of hydrogen-bond acceptors (Lipinski definition) is 4. The highest BCUT2D eigenvalue weighted by atomic mass is 35.5. The molecule has 1 atom stereocenters. The first kappa shape index (κ1) is 16.4. The summed E-state index contributed by atoms with van der Waals surface area (Å²) in [6, 6.07) is 4.68. The maximum absolute atomic E-state index is 11.9. The van der Waals surface area contributed by atoms with Gasteiger partial charge in [-0.05, 0) is 24.5 Å². The van der Waals surface area contributed by atoms with Crippen molar-refractivity contribution in [3.05, 3.63) is 39.4 Å². The van der Waals surface area contributed by atoms with E-state index in [9.17, 15) is 14.9 Å². The number of nitrogens with zero attached hydrogens (tertiary/aromatic N) is 2. The molecule has 1 aliphatic rings. The molecule has 0 spiro atoms. The van der Waals surface area contributed by atoms with Crippen molar-refractivity contribution in [2.75, 3.05) is 6.54 Å². The number of halogens is 1. The van der Waals surface area contributed by atoms with E-state index in [0.29, 0.717) is 19.5 Å². The average Bonchev–Trinajstić information content (AvgIpc) is 2.36. The van der Waals surface area contributed by atoms with Gasteiger partial charge in [-0.15, -0.1) is 12.4 Å². The number of benzene rings is 1. The Bertz CT molecular complexity index is 520. The van der Waals surface area contributed by atoms with E-state index in [2.05, 4.69) is 0 Å². The molecular weight excluding hydrogens is 282 g/mol. The van der Waals surface area contributed by atoms with Crippen molar-refractivity contribution >= 4 is 24.0 Å². The Morgan fingerprint density at radius 2 is 2.20 bits per heavy atom. The second kappa shape index (κ2) is 6.67. The van der Waals surface area contributed by atoms with Gasteiger partial charge in [-0.2, -0.15) is 0 Å². The van der Waals surface area contributed by atoms with E-state index in [1.165, 1.54) is 6.07 Å². The third-order valence-corrected chi connectivity index (χ3v) is 3.26. The van der Waals surface area contributed by atoms with Gasteiger partial charge in [0.15, 0.2) is 0 Å². The maximum Gasteiger partial charge on any atom is 0.269 e. The van der Waals surface area contributed by atoms with E-state index in [-0.39, 0.29) is 30.0 Å². The lowest BCUT2D eigenvalue weighted by molar-refractivity contribution is -0.385.